The third kappa shape index (κ3) is 1.27. The number of pyridine rings is 1. The Balaban J connectivity index is 3.03. The Bertz CT molecular complexity index is 151. The van der Waals surface area contributed by atoms with Crippen molar-refractivity contribution in [1.82, 2.24) is 4.98 Å². The fourth-order valence-corrected chi connectivity index (χ4v) is 0.592. The van der Waals surface area contributed by atoms with Crippen LogP contribution in [0.25, 0.3) is 0 Å². The third-order valence-corrected chi connectivity index (χ3v) is 1.16. The Morgan fingerprint density at radius 1 is 1.50 bits per heavy atom. The van der Waals surface area contributed by atoms with Crippen molar-refractivity contribution < 1.29 is 0 Å². The van der Waals surface area contributed by atoms with Crippen LogP contribution in [0.1, 0.15) is 0 Å². The van der Waals surface area contributed by atoms with Gasteiger partial charge < -0.3 is 0 Å². The molecule has 0 aromatic carbocycles. The molecular weight excluding hydrogens is 117 g/mol. The normalized spacial score (nSPS) is 9.12. The molecular formula is C5H6BNS. The SMILES string of the molecule is Bc1ccc(S)nc1. The summed E-state index contributed by atoms with van der Waals surface area (Å²) in [6.07, 6.45) is 1.79. The molecule has 1 nitrogen and oxygen atoms in total. The van der Waals surface area contributed by atoms with Gasteiger partial charge in [-0.1, -0.05) is 11.5 Å². The first kappa shape index (κ1) is 5.70. The van der Waals surface area contributed by atoms with Gasteiger partial charge in [0.25, 0.3) is 0 Å². The maximum Gasteiger partial charge on any atom is 0.141 e. The van der Waals surface area contributed by atoms with Gasteiger partial charge in [-0.05, 0) is 6.07 Å². The minimum Gasteiger partial charge on any atom is -0.251 e. The largest absolute Gasteiger partial charge is 0.251 e. The lowest BCUT2D eigenvalue weighted by Crippen LogP contribution is -2.00. The second kappa shape index (κ2) is 2.22. The molecule has 0 aliphatic heterocycles. The molecule has 1 aromatic heterocycles. The van der Waals surface area contributed by atoms with Crippen molar-refractivity contribution in [3.63, 3.8) is 0 Å². The van der Waals surface area contributed by atoms with Crippen LogP contribution in [0.15, 0.2) is 23.4 Å². The minimum atomic E-state index is 0.774. The summed E-state index contributed by atoms with van der Waals surface area (Å²) in [7, 11) is 2.00. The number of nitrogens with zero attached hydrogens (tertiary/aromatic N) is 1. The Morgan fingerprint density at radius 2 is 2.25 bits per heavy atom. The molecule has 0 unspecified atom stereocenters. The van der Waals surface area contributed by atoms with Crippen LogP contribution in [0.3, 0.4) is 0 Å². The van der Waals surface area contributed by atoms with E-state index in [2.05, 4.69) is 17.6 Å². The summed E-state index contributed by atoms with van der Waals surface area (Å²) < 4.78 is 0. The van der Waals surface area contributed by atoms with Gasteiger partial charge in [0.1, 0.15) is 7.85 Å². The van der Waals surface area contributed by atoms with E-state index in [-0.39, 0.29) is 0 Å². The van der Waals surface area contributed by atoms with E-state index in [9.17, 15) is 0 Å². The fourth-order valence-electron chi connectivity index (χ4n) is 0.460. The highest BCUT2D eigenvalue weighted by molar-refractivity contribution is 7.80. The van der Waals surface area contributed by atoms with Gasteiger partial charge in [-0.3, -0.25) is 4.98 Å². The molecule has 1 heterocycles. The van der Waals surface area contributed by atoms with E-state index < -0.39 is 0 Å². The summed E-state index contributed by atoms with van der Waals surface area (Å²) >= 11 is 4.02. The van der Waals surface area contributed by atoms with Crippen molar-refractivity contribution in [2.75, 3.05) is 0 Å². The van der Waals surface area contributed by atoms with Crippen LogP contribution in [0.5, 0.6) is 0 Å². The van der Waals surface area contributed by atoms with Crippen molar-refractivity contribution in [2.45, 2.75) is 5.03 Å². The molecule has 0 saturated carbocycles. The maximum atomic E-state index is 4.02. The summed E-state index contributed by atoms with van der Waals surface area (Å²) in [5.41, 5.74) is 1.17. The molecule has 0 amide bonds. The van der Waals surface area contributed by atoms with Crippen molar-refractivity contribution in [1.29, 1.82) is 0 Å². The van der Waals surface area contributed by atoms with Crippen LogP contribution in [-0.2, 0) is 0 Å². The first-order chi connectivity index (χ1) is 3.79. The monoisotopic (exact) mass is 123 g/mol. The maximum absolute atomic E-state index is 4.02. The van der Waals surface area contributed by atoms with Crippen molar-refractivity contribution in [3.05, 3.63) is 18.3 Å². The number of rotatable bonds is 0. The highest BCUT2D eigenvalue weighted by Crippen LogP contribution is 1.94. The molecule has 0 aliphatic carbocycles. The molecule has 40 valence electrons. The summed E-state index contributed by atoms with van der Waals surface area (Å²) in [4.78, 5) is 3.94. The van der Waals surface area contributed by atoms with Gasteiger partial charge in [-0.25, -0.2) is 0 Å². The molecule has 0 saturated heterocycles. The Labute approximate surface area is 55.0 Å². The van der Waals surface area contributed by atoms with Crippen LogP contribution >= 0.6 is 12.6 Å². The summed E-state index contributed by atoms with van der Waals surface area (Å²) in [6.45, 7) is 0. The van der Waals surface area contributed by atoms with Crippen LogP contribution in [0.2, 0.25) is 0 Å². The molecule has 3 heteroatoms. The topological polar surface area (TPSA) is 12.9 Å². The van der Waals surface area contributed by atoms with Crippen LogP contribution < -0.4 is 5.46 Å². The second-order valence-electron chi connectivity index (χ2n) is 1.69. The Morgan fingerprint density at radius 3 is 2.62 bits per heavy atom. The lowest BCUT2D eigenvalue weighted by Gasteiger charge is -1.88. The predicted molar refractivity (Wildman–Crippen MR) is 39.7 cm³/mol. The first-order valence-electron chi connectivity index (χ1n) is 2.40. The van der Waals surface area contributed by atoms with E-state index in [0.29, 0.717) is 0 Å². The number of thiol groups is 1. The number of hydrogen-bond acceptors (Lipinski definition) is 2. The van der Waals surface area contributed by atoms with Gasteiger partial charge in [0.15, 0.2) is 0 Å². The van der Waals surface area contributed by atoms with E-state index in [1.54, 1.807) is 6.20 Å². The van der Waals surface area contributed by atoms with E-state index in [4.69, 9.17) is 0 Å². The van der Waals surface area contributed by atoms with Crippen LogP contribution in [0.4, 0.5) is 0 Å². The smallest absolute Gasteiger partial charge is 0.141 e. The number of aromatic nitrogens is 1. The van der Waals surface area contributed by atoms with Gasteiger partial charge in [-0.2, -0.15) is 0 Å². The average molecular weight is 123 g/mol. The molecule has 0 radical (unpaired) electrons. The zero-order valence-corrected chi connectivity index (χ0v) is 5.52. The van der Waals surface area contributed by atoms with E-state index in [0.717, 1.165) is 5.03 Å². The Hall–Kier alpha value is -0.435. The molecule has 0 bridgehead atoms. The fraction of sp³-hybridized carbons (Fsp3) is 0. The van der Waals surface area contributed by atoms with Gasteiger partial charge in [-0.15, -0.1) is 12.6 Å². The molecule has 1 rings (SSSR count). The van der Waals surface area contributed by atoms with Crippen molar-refractivity contribution in [3.8, 4) is 0 Å². The van der Waals surface area contributed by atoms with E-state index in [1.807, 2.05) is 20.0 Å². The predicted octanol–water partition coefficient (Wildman–Crippen LogP) is -0.371. The molecule has 0 spiro atoms. The highest BCUT2D eigenvalue weighted by Gasteiger charge is 1.82. The van der Waals surface area contributed by atoms with E-state index >= 15 is 0 Å². The van der Waals surface area contributed by atoms with Crippen molar-refractivity contribution >= 4 is 25.9 Å². The Kier molecular flexibility index (Phi) is 1.58. The lowest BCUT2D eigenvalue weighted by molar-refractivity contribution is 1.16. The molecule has 0 aliphatic rings. The summed E-state index contributed by atoms with van der Waals surface area (Å²) in [6, 6.07) is 3.85. The highest BCUT2D eigenvalue weighted by atomic mass is 32.1. The molecule has 0 fully saturated rings. The third-order valence-electron chi connectivity index (χ3n) is 0.896. The summed E-state index contributed by atoms with van der Waals surface area (Å²) in [5.74, 6) is 0. The van der Waals surface area contributed by atoms with E-state index in [1.165, 1.54) is 5.46 Å². The molecule has 0 N–H and O–H groups in total. The summed E-state index contributed by atoms with van der Waals surface area (Å²) in [5, 5.41) is 0.774. The van der Waals surface area contributed by atoms with Gasteiger partial charge in [0.2, 0.25) is 0 Å². The zero-order chi connectivity index (χ0) is 5.98. The minimum absolute atomic E-state index is 0.774. The zero-order valence-electron chi connectivity index (χ0n) is 4.63. The van der Waals surface area contributed by atoms with Crippen LogP contribution in [0, 0.1) is 0 Å². The molecule has 0 atom stereocenters. The standard InChI is InChI=1S/C5H6BNS/c6-4-1-2-5(8)7-3-4/h1-3H,6H2,(H,7,8). The quantitative estimate of drug-likeness (QED) is 0.366. The second-order valence-corrected chi connectivity index (χ2v) is 2.15. The molecule has 1 aromatic rings. The number of hydrogen-bond donors (Lipinski definition) is 1. The van der Waals surface area contributed by atoms with Gasteiger partial charge in [0, 0.05) is 6.20 Å². The lowest BCUT2D eigenvalue weighted by atomic mass is 9.99. The first-order valence-corrected chi connectivity index (χ1v) is 2.85. The van der Waals surface area contributed by atoms with Crippen LogP contribution in [-0.4, -0.2) is 12.8 Å². The molecule has 8 heavy (non-hydrogen) atoms. The average Bonchev–Trinajstić information content (AvgIpc) is 1.77. The van der Waals surface area contributed by atoms with Gasteiger partial charge in [0.05, 0.1) is 5.03 Å². The van der Waals surface area contributed by atoms with Gasteiger partial charge >= 0.3 is 0 Å². The van der Waals surface area contributed by atoms with Crippen molar-refractivity contribution in [2.24, 2.45) is 0 Å².